The number of phenols is 2. The third-order valence-electron chi connectivity index (χ3n) is 2.49. The Balaban J connectivity index is 2.76. The highest BCUT2D eigenvalue weighted by Crippen LogP contribution is 2.25. The maximum Gasteiger partial charge on any atom is 0.246 e. The smallest absolute Gasteiger partial charge is 0.246 e. The highest BCUT2D eigenvalue weighted by molar-refractivity contribution is 5.91. The van der Waals surface area contributed by atoms with E-state index in [4.69, 9.17) is 5.11 Å². The predicted octanol–water partition coefficient (Wildman–Crippen LogP) is 1.98. The van der Waals surface area contributed by atoms with Crippen molar-refractivity contribution in [2.45, 2.75) is 13.8 Å². The summed E-state index contributed by atoms with van der Waals surface area (Å²) in [5.41, 5.74) is 0.667. The van der Waals surface area contributed by atoms with Crippen molar-refractivity contribution < 1.29 is 15.0 Å². The van der Waals surface area contributed by atoms with Crippen LogP contribution in [0.3, 0.4) is 0 Å². The lowest BCUT2D eigenvalue weighted by molar-refractivity contribution is -0.125. The number of phenolic OH excluding ortho intramolecular Hbond substituents is 2. The van der Waals surface area contributed by atoms with Gasteiger partial charge >= 0.3 is 0 Å². The summed E-state index contributed by atoms with van der Waals surface area (Å²) in [5, 5.41) is 18.4. The molecule has 0 saturated carbocycles. The molecule has 4 nitrogen and oxygen atoms in total. The number of hydrogen-bond acceptors (Lipinski definition) is 3. The van der Waals surface area contributed by atoms with E-state index < -0.39 is 0 Å². The zero-order valence-electron chi connectivity index (χ0n) is 10.1. The van der Waals surface area contributed by atoms with Crippen LogP contribution in [0, 0.1) is 0 Å². The number of carbonyl (C=O) groups is 1. The van der Waals surface area contributed by atoms with Crippen LogP contribution in [0.25, 0.3) is 6.08 Å². The summed E-state index contributed by atoms with van der Waals surface area (Å²) in [6, 6.07) is 4.42. The van der Waals surface area contributed by atoms with Crippen LogP contribution < -0.4 is 0 Å². The molecule has 92 valence electrons. The topological polar surface area (TPSA) is 60.8 Å². The minimum Gasteiger partial charge on any atom is -0.504 e. The molecular weight excluding hydrogens is 218 g/mol. The van der Waals surface area contributed by atoms with Gasteiger partial charge in [0.2, 0.25) is 5.91 Å². The summed E-state index contributed by atoms with van der Waals surface area (Å²) in [4.78, 5) is 13.3. The van der Waals surface area contributed by atoms with Crippen molar-refractivity contribution in [1.82, 2.24) is 4.90 Å². The number of nitrogens with zero attached hydrogens (tertiary/aromatic N) is 1. The van der Waals surface area contributed by atoms with Gasteiger partial charge in [-0.2, -0.15) is 0 Å². The molecule has 0 radical (unpaired) electrons. The molecule has 0 aliphatic carbocycles. The van der Waals surface area contributed by atoms with E-state index in [1.807, 2.05) is 13.8 Å². The average Bonchev–Trinajstić information content (AvgIpc) is 2.32. The second-order valence-electron chi connectivity index (χ2n) is 3.59. The summed E-state index contributed by atoms with van der Waals surface area (Å²) < 4.78 is 0. The molecule has 0 unspecified atom stereocenters. The quantitative estimate of drug-likeness (QED) is 0.619. The Kier molecular flexibility index (Phi) is 4.57. The number of benzene rings is 1. The van der Waals surface area contributed by atoms with Crippen molar-refractivity contribution in [3.05, 3.63) is 29.8 Å². The SMILES string of the molecule is CCN(CC)C(=O)/C=C/c1ccc(O)c(O)c1. The van der Waals surface area contributed by atoms with Gasteiger partial charge < -0.3 is 15.1 Å². The van der Waals surface area contributed by atoms with Gasteiger partial charge in [-0.1, -0.05) is 6.07 Å². The van der Waals surface area contributed by atoms with Crippen LogP contribution in [-0.4, -0.2) is 34.1 Å². The van der Waals surface area contributed by atoms with Crippen LogP contribution in [0.1, 0.15) is 19.4 Å². The van der Waals surface area contributed by atoms with Crippen LogP contribution in [0.5, 0.6) is 11.5 Å². The van der Waals surface area contributed by atoms with Crippen molar-refractivity contribution >= 4 is 12.0 Å². The Morgan fingerprint density at radius 2 is 1.88 bits per heavy atom. The molecule has 0 aliphatic heterocycles. The third-order valence-corrected chi connectivity index (χ3v) is 2.49. The number of carbonyl (C=O) groups excluding carboxylic acids is 1. The summed E-state index contributed by atoms with van der Waals surface area (Å²) in [5.74, 6) is -0.428. The summed E-state index contributed by atoms with van der Waals surface area (Å²) in [6.45, 7) is 5.17. The van der Waals surface area contributed by atoms with E-state index in [0.717, 1.165) is 0 Å². The predicted molar refractivity (Wildman–Crippen MR) is 66.7 cm³/mol. The molecule has 4 heteroatoms. The number of likely N-dealkylation sites (N-methyl/N-ethyl adjacent to an activating group) is 1. The highest BCUT2D eigenvalue weighted by Gasteiger charge is 2.04. The first-order chi connectivity index (χ1) is 8.08. The fraction of sp³-hybridized carbons (Fsp3) is 0.308. The van der Waals surface area contributed by atoms with Crippen LogP contribution in [0.4, 0.5) is 0 Å². The van der Waals surface area contributed by atoms with E-state index in [2.05, 4.69) is 0 Å². The van der Waals surface area contributed by atoms with E-state index in [9.17, 15) is 9.90 Å². The monoisotopic (exact) mass is 235 g/mol. The molecule has 0 aromatic heterocycles. The third kappa shape index (κ3) is 3.52. The summed E-state index contributed by atoms with van der Waals surface area (Å²) in [7, 11) is 0. The number of hydrogen-bond donors (Lipinski definition) is 2. The normalized spacial score (nSPS) is 10.7. The first-order valence-corrected chi connectivity index (χ1v) is 5.57. The van der Waals surface area contributed by atoms with Gasteiger partial charge in [0, 0.05) is 19.2 Å². The number of amides is 1. The largest absolute Gasteiger partial charge is 0.504 e. The fourth-order valence-electron chi connectivity index (χ4n) is 1.45. The Morgan fingerprint density at radius 1 is 1.24 bits per heavy atom. The van der Waals surface area contributed by atoms with Crippen LogP contribution in [0.15, 0.2) is 24.3 Å². The molecule has 0 spiro atoms. The van der Waals surface area contributed by atoms with Crippen LogP contribution >= 0.6 is 0 Å². The molecule has 0 atom stereocenters. The van der Waals surface area contributed by atoms with Gasteiger partial charge in [-0.15, -0.1) is 0 Å². The highest BCUT2D eigenvalue weighted by atomic mass is 16.3. The Hall–Kier alpha value is -1.97. The molecule has 1 amide bonds. The van der Waals surface area contributed by atoms with Crippen molar-refractivity contribution in [3.63, 3.8) is 0 Å². The molecular formula is C13H17NO3. The molecule has 0 saturated heterocycles. The second kappa shape index (κ2) is 5.94. The first kappa shape index (κ1) is 13.1. The van der Waals surface area contributed by atoms with Crippen molar-refractivity contribution in [2.75, 3.05) is 13.1 Å². The lowest BCUT2D eigenvalue weighted by atomic mass is 10.2. The summed E-state index contributed by atoms with van der Waals surface area (Å²) in [6.07, 6.45) is 3.07. The van der Waals surface area contributed by atoms with Crippen LogP contribution in [0.2, 0.25) is 0 Å². The Bertz CT molecular complexity index is 423. The number of rotatable bonds is 4. The number of aromatic hydroxyl groups is 2. The van der Waals surface area contributed by atoms with Gasteiger partial charge in [-0.05, 0) is 37.6 Å². The van der Waals surface area contributed by atoms with E-state index in [0.29, 0.717) is 18.7 Å². The maximum absolute atomic E-state index is 11.7. The minimum absolute atomic E-state index is 0.0671. The van der Waals surface area contributed by atoms with Gasteiger partial charge in [0.1, 0.15) is 0 Å². The molecule has 1 aromatic carbocycles. The molecule has 1 rings (SSSR count). The molecule has 0 aliphatic rings. The molecule has 0 fully saturated rings. The summed E-state index contributed by atoms with van der Waals surface area (Å²) >= 11 is 0. The standard InChI is InChI=1S/C13H17NO3/c1-3-14(4-2)13(17)8-6-10-5-7-11(15)12(16)9-10/h5-9,15-16H,3-4H2,1-2H3/b8-6+. The van der Waals surface area contributed by atoms with Gasteiger partial charge in [-0.25, -0.2) is 0 Å². The average molecular weight is 235 g/mol. The zero-order chi connectivity index (χ0) is 12.8. The van der Waals surface area contributed by atoms with E-state index in [1.54, 1.807) is 17.0 Å². The van der Waals surface area contributed by atoms with Gasteiger partial charge in [-0.3, -0.25) is 4.79 Å². The van der Waals surface area contributed by atoms with E-state index in [1.165, 1.54) is 18.2 Å². The maximum atomic E-state index is 11.7. The fourth-order valence-corrected chi connectivity index (χ4v) is 1.45. The molecule has 1 aromatic rings. The van der Waals surface area contributed by atoms with Gasteiger partial charge in [0.25, 0.3) is 0 Å². The van der Waals surface area contributed by atoms with Crippen molar-refractivity contribution in [2.24, 2.45) is 0 Å². The van der Waals surface area contributed by atoms with E-state index >= 15 is 0 Å². The Morgan fingerprint density at radius 3 is 2.41 bits per heavy atom. The molecule has 2 N–H and O–H groups in total. The van der Waals surface area contributed by atoms with Crippen LogP contribution in [-0.2, 0) is 4.79 Å². The lowest BCUT2D eigenvalue weighted by Crippen LogP contribution is -2.28. The minimum atomic E-state index is -0.192. The van der Waals surface area contributed by atoms with Crippen molar-refractivity contribution in [1.29, 1.82) is 0 Å². The Labute approximate surface area is 101 Å². The molecule has 0 heterocycles. The van der Waals surface area contributed by atoms with Gasteiger partial charge in [0.05, 0.1) is 0 Å². The lowest BCUT2D eigenvalue weighted by Gasteiger charge is -2.15. The molecule has 0 bridgehead atoms. The van der Waals surface area contributed by atoms with E-state index in [-0.39, 0.29) is 17.4 Å². The van der Waals surface area contributed by atoms with Gasteiger partial charge in [0.15, 0.2) is 11.5 Å². The zero-order valence-corrected chi connectivity index (χ0v) is 10.1. The second-order valence-corrected chi connectivity index (χ2v) is 3.59. The molecule has 17 heavy (non-hydrogen) atoms. The first-order valence-electron chi connectivity index (χ1n) is 5.57. The van der Waals surface area contributed by atoms with Crippen molar-refractivity contribution in [3.8, 4) is 11.5 Å².